The summed E-state index contributed by atoms with van der Waals surface area (Å²) in [6.07, 6.45) is 0. The SMILES string of the molecule is CC1CNCC(C)N1C(=O)c1ccc(Br)cc1. The topological polar surface area (TPSA) is 32.3 Å². The van der Waals surface area contributed by atoms with Crippen molar-refractivity contribution in [1.82, 2.24) is 10.2 Å². The van der Waals surface area contributed by atoms with Gasteiger partial charge in [0, 0.05) is 35.2 Å². The van der Waals surface area contributed by atoms with Crippen LogP contribution < -0.4 is 5.32 Å². The second kappa shape index (κ2) is 5.19. The zero-order valence-electron chi connectivity index (χ0n) is 10.1. The molecule has 0 bridgehead atoms. The molecule has 1 aliphatic rings. The summed E-state index contributed by atoms with van der Waals surface area (Å²) in [7, 11) is 0. The molecular formula is C13H17BrN2O. The number of carbonyl (C=O) groups excluding carboxylic acids is 1. The normalized spacial score (nSPS) is 24.8. The fraction of sp³-hybridized carbons (Fsp3) is 0.462. The molecule has 2 atom stereocenters. The molecular weight excluding hydrogens is 280 g/mol. The molecule has 0 saturated carbocycles. The Morgan fingerprint density at radius 1 is 1.24 bits per heavy atom. The quantitative estimate of drug-likeness (QED) is 0.862. The molecule has 0 spiro atoms. The average molecular weight is 297 g/mol. The molecule has 1 N–H and O–H groups in total. The Morgan fingerprint density at radius 3 is 2.29 bits per heavy atom. The highest BCUT2D eigenvalue weighted by molar-refractivity contribution is 9.10. The summed E-state index contributed by atoms with van der Waals surface area (Å²) in [5.74, 6) is 0.124. The molecule has 0 radical (unpaired) electrons. The van der Waals surface area contributed by atoms with E-state index in [9.17, 15) is 4.79 Å². The summed E-state index contributed by atoms with van der Waals surface area (Å²) in [5, 5.41) is 3.33. The Bertz CT molecular complexity index is 394. The van der Waals surface area contributed by atoms with E-state index < -0.39 is 0 Å². The van der Waals surface area contributed by atoms with Crippen molar-refractivity contribution < 1.29 is 4.79 Å². The fourth-order valence-electron chi connectivity index (χ4n) is 2.27. The smallest absolute Gasteiger partial charge is 0.254 e. The van der Waals surface area contributed by atoms with Crippen molar-refractivity contribution in [2.75, 3.05) is 13.1 Å². The maximum atomic E-state index is 12.4. The van der Waals surface area contributed by atoms with E-state index in [1.165, 1.54) is 0 Å². The highest BCUT2D eigenvalue weighted by Crippen LogP contribution is 2.17. The first kappa shape index (κ1) is 12.6. The molecule has 1 aromatic carbocycles. The van der Waals surface area contributed by atoms with Crippen LogP contribution in [0, 0.1) is 0 Å². The summed E-state index contributed by atoms with van der Waals surface area (Å²) in [4.78, 5) is 14.4. The van der Waals surface area contributed by atoms with E-state index in [2.05, 4.69) is 35.1 Å². The minimum absolute atomic E-state index is 0.124. The number of rotatable bonds is 1. The highest BCUT2D eigenvalue weighted by atomic mass is 79.9. The van der Waals surface area contributed by atoms with E-state index in [4.69, 9.17) is 0 Å². The molecule has 1 fully saturated rings. The number of nitrogens with zero attached hydrogens (tertiary/aromatic N) is 1. The second-order valence-corrected chi connectivity index (χ2v) is 5.49. The Labute approximate surface area is 110 Å². The molecule has 1 aromatic rings. The van der Waals surface area contributed by atoms with E-state index in [0.29, 0.717) is 0 Å². The lowest BCUT2D eigenvalue weighted by Crippen LogP contribution is -2.57. The lowest BCUT2D eigenvalue weighted by molar-refractivity contribution is 0.0544. The first-order valence-corrected chi connectivity index (χ1v) is 6.68. The summed E-state index contributed by atoms with van der Waals surface area (Å²) >= 11 is 3.38. The van der Waals surface area contributed by atoms with Crippen LogP contribution >= 0.6 is 15.9 Å². The van der Waals surface area contributed by atoms with Crippen LogP contribution in [0.4, 0.5) is 0 Å². The number of hydrogen-bond donors (Lipinski definition) is 1. The molecule has 1 amide bonds. The van der Waals surface area contributed by atoms with E-state index >= 15 is 0 Å². The van der Waals surface area contributed by atoms with Crippen LogP contribution in [0.1, 0.15) is 24.2 Å². The lowest BCUT2D eigenvalue weighted by Gasteiger charge is -2.39. The van der Waals surface area contributed by atoms with Gasteiger partial charge >= 0.3 is 0 Å². The van der Waals surface area contributed by atoms with Crippen molar-refractivity contribution in [1.29, 1.82) is 0 Å². The van der Waals surface area contributed by atoms with Crippen molar-refractivity contribution in [3.63, 3.8) is 0 Å². The third-order valence-corrected chi connectivity index (χ3v) is 3.68. The predicted octanol–water partition coefficient (Wildman–Crippen LogP) is 2.27. The summed E-state index contributed by atoms with van der Waals surface area (Å²) < 4.78 is 0.996. The minimum Gasteiger partial charge on any atom is -0.331 e. The van der Waals surface area contributed by atoms with E-state index in [0.717, 1.165) is 23.1 Å². The molecule has 0 aromatic heterocycles. The van der Waals surface area contributed by atoms with Crippen LogP contribution in [-0.2, 0) is 0 Å². The standard InChI is InChI=1S/C13H17BrN2O/c1-9-7-15-8-10(2)16(9)13(17)11-3-5-12(14)6-4-11/h3-6,9-10,15H,7-8H2,1-2H3. The van der Waals surface area contributed by atoms with Crippen LogP contribution in [-0.4, -0.2) is 36.0 Å². The van der Waals surface area contributed by atoms with Crippen molar-refractivity contribution in [2.45, 2.75) is 25.9 Å². The number of amides is 1. The predicted molar refractivity (Wildman–Crippen MR) is 72.1 cm³/mol. The van der Waals surface area contributed by atoms with E-state index in [1.54, 1.807) is 0 Å². The number of benzene rings is 1. The van der Waals surface area contributed by atoms with Gasteiger partial charge < -0.3 is 10.2 Å². The number of carbonyl (C=O) groups is 1. The Hall–Kier alpha value is -0.870. The highest BCUT2D eigenvalue weighted by Gasteiger charge is 2.29. The molecule has 1 aliphatic heterocycles. The van der Waals surface area contributed by atoms with Crippen LogP contribution in [0.2, 0.25) is 0 Å². The molecule has 2 unspecified atom stereocenters. The van der Waals surface area contributed by atoms with Crippen molar-refractivity contribution in [3.8, 4) is 0 Å². The number of piperazine rings is 1. The van der Waals surface area contributed by atoms with Crippen molar-refractivity contribution in [2.24, 2.45) is 0 Å². The van der Waals surface area contributed by atoms with Gasteiger partial charge in [0.15, 0.2) is 0 Å². The third kappa shape index (κ3) is 2.69. The number of hydrogen-bond acceptors (Lipinski definition) is 2. The fourth-order valence-corrected chi connectivity index (χ4v) is 2.54. The van der Waals surface area contributed by atoms with Crippen LogP contribution in [0.5, 0.6) is 0 Å². The summed E-state index contributed by atoms with van der Waals surface area (Å²) in [6.45, 7) is 5.90. The molecule has 17 heavy (non-hydrogen) atoms. The zero-order chi connectivity index (χ0) is 12.4. The molecule has 92 valence electrons. The first-order chi connectivity index (χ1) is 8.09. The maximum absolute atomic E-state index is 12.4. The summed E-state index contributed by atoms with van der Waals surface area (Å²) in [5.41, 5.74) is 0.758. The molecule has 4 heteroatoms. The zero-order valence-corrected chi connectivity index (χ0v) is 11.7. The molecule has 2 rings (SSSR count). The third-order valence-electron chi connectivity index (χ3n) is 3.15. The van der Waals surface area contributed by atoms with Gasteiger partial charge in [0.05, 0.1) is 0 Å². The van der Waals surface area contributed by atoms with E-state index in [1.807, 2.05) is 29.2 Å². The van der Waals surface area contributed by atoms with Gasteiger partial charge in [-0.3, -0.25) is 4.79 Å². The van der Waals surface area contributed by atoms with Crippen LogP contribution in [0.15, 0.2) is 28.7 Å². The maximum Gasteiger partial charge on any atom is 0.254 e. The van der Waals surface area contributed by atoms with E-state index in [-0.39, 0.29) is 18.0 Å². The molecule has 1 heterocycles. The number of halogens is 1. The van der Waals surface area contributed by atoms with Gasteiger partial charge in [0.25, 0.3) is 5.91 Å². The largest absolute Gasteiger partial charge is 0.331 e. The monoisotopic (exact) mass is 296 g/mol. The van der Waals surface area contributed by atoms with Crippen molar-refractivity contribution >= 4 is 21.8 Å². The lowest BCUT2D eigenvalue weighted by atomic mass is 10.1. The Kier molecular flexibility index (Phi) is 3.84. The Balaban J connectivity index is 2.20. The minimum atomic E-state index is 0.124. The van der Waals surface area contributed by atoms with Gasteiger partial charge in [-0.2, -0.15) is 0 Å². The number of nitrogens with one attached hydrogen (secondary N) is 1. The van der Waals surface area contributed by atoms with Gasteiger partial charge in [-0.1, -0.05) is 15.9 Å². The van der Waals surface area contributed by atoms with Gasteiger partial charge in [-0.15, -0.1) is 0 Å². The first-order valence-electron chi connectivity index (χ1n) is 5.88. The Morgan fingerprint density at radius 2 is 1.76 bits per heavy atom. The van der Waals surface area contributed by atoms with Crippen LogP contribution in [0.3, 0.4) is 0 Å². The molecule has 0 aliphatic carbocycles. The molecule has 1 saturated heterocycles. The summed E-state index contributed by atoms with van der Waals surface area (Å²) in [6, 6.07) is 8.04. The van der Waals surface area contributed by atoms with Gasteiger partial charge in [0.2, 0.25) is 0 Å². The average Bonchev–Trinajstić information content (AvgIpc) is 2.29. The van der Waals surface area contributed by atoms with Crippen LogP contribution in [0.25, 0.3) is 0 Å². The van der Waals surface area contributed by atoms with Crippen molar-refractivity contribution in [3.05, 3.63) is 34.3 Å². The molecule has 3 nitrogen and oxygen atoms in total. The van der Waals surface area contributed by atoms with Gasteiger partial charge in [0.1, 0.15) is 0 Å². The van der Waals surface area contributed by atoms with Gasteiger partial charge in [-0.05, 0) is 38.1 Å². The van der Waals surface area contributed by atoms with Gasteiger partial charge in [-0.25, -0.2) is 0 Å². The second-order valence-electron chi connectivity index (χ2n) is 4.58.